The van der Waals surface area contributed by atoms with E-state index in [-0.39, 0.29) is 16.6 Å². The molecule has 2 aliphatic rings. The number of thioether (sulfide) groups is 1. The Morgan fingerprint density at radius 2 is 1.50 bits per heavy atom. The van der Waals surface area contributed by atoms with Crippen molar-refractivity contribution >= 4 is 39.0 Å². The summed E-state index contributed by atoms with van der Waals surface area (Å²) in [7, 11) is -4.00. The van der Waals surface area contributed by atoms with Crippen molar-refractivity contribution in [2.45, 2.75) is 11.4 Å². The minimum absolute atomic E-state index is 0.0656. The molecule has 0 bridgehead atoms. The largest absolute Gasteiger partial charge is 0.378 e. The fourth-order valence-electron chi connectivity index (χ4n) is 4.04. The maximum absolute atomic E-state index is 12.7. The van der Waals surface area contributed by atoms with Gasteiger partial charge < -0.3 is 9.08 Å². The Kier molecular flexibility index (Phi) is 7.22. The number of aliphatic imine (C=N–C) groups is 1. The second kappa shape index (κ2) is 10.7. The van der Waals surface area contributed by atoms with Gasteiger partial charge in [0.25, 0.3) is 5.91 Å². The SMILES string of the molecule is O=C1N=C(N2CCN(Cc3ccccc3)CC2)SC1=Cc1ccccc1OS(=O)(=O)c1ccccc1. The van der Waals surface area contributed by atoms with Crippen LogP contribution in [-0.2, 0) is 21.5 Å². The molecule has 9 heteroatoms. The van der Waals surface area contributed by atoms with Crippen LogP contribution in [0.2, 0.25) is 0 Å². The van der Waals surface area contributed by atoms with Crippen LogP contribution in [0.15, 0.2) is 99.7 Å². The Morgan fingerprint density at radius 3 is 2.22 bits per heavy atom. The molecule has 0 radical (unpaired) electrons. The zero-order valence-corrected chi connectivity index (χ0v) is 21.1. The van der Waals surface area contributed by atoms with Gasteiger partial charge in [-0.25, -0.2) is 0 Å². The highest BCUT2D eigenvalue weighted by molar-refractivity contribution is 8.18. The summed E-state index contributed by atoms with van der Waals surface area (Å²) in [5.74, 6) is -0.173. The molecule has 7 nitrogen and oxygen atoms in total. The number of hydrogen-bond acceptors (Lipinski definition) is 7. The Bertz CT molecular complexity index is 1400. The molecule has 2 aliphatic heterocycles. The number of amides is 1. The summed E-state index contributed by atoms with van der Waals surface area (Å²) in [6.07, 6.45) is 1.64. The summed E-state index contributed by atoms with van der Waals surface area (Å²) in [6.45, 7) is 4.25. The van der Waals surface area contributed by atoms with E-state index in [4.69, 9.17) is 4.18 Å². The molecule has 5 rings (SSSR count). The van der Waals surface area contributed by atoms with Crippen molar-refractivity contribution in [3.8, 4) is 5.75 Å². The van der Waals surface area contributed by atoms with E-state index in [9.17, 15) is 13.2 Å². The molecular formula is C27H25N3O4S2. The number of piperazine rings is 1. The standard InChI is InChI=1S/C27H25N3O4S2/c31-26-25(19-22-11-7-8-14-24(22)34-36(32,33)23-12-5-2-6-13-23)35-27(28-26)30-17-15-29(16-18-30)20-21-9-3-1-4-10-21/h1-14,19H,15-18,20H2. The number of para-hydroxylation sites is 1. The molecule has 0 saturated carbocycles. The topological polar surface area (TPSA) is 79.3 Å². The summed E-state index contributed by atoms with van der Waals surface area (Å²) in [5, 5.41) is 0.681. The van der Waals surface area contributed by atoms with Gasteiger partial charge in [0, 0.05) is 38.3 Å². The molecule has 184 valence electrons. The molecule has 3 aromatic rings. The van der Waals surface area contributed by atoms with Crippen molar-refractivity contribution in [3.63, 3.8) is 0 Å². The molecule has 1 saturated heterocycles. The number of carbonyl (C=O) groups excluding carboxylic acids is 1. The van der Waals surface area contributed by atoms with Gasteiger partial charge in [0.1, 0.15) is 10.6 Å². The third kappa shape index (κ3) is 5.70. The number of amidine groups is 1. The van der Waals surface area contributed by atoms with E-state index in [1.807, 2.05) is 6.07 Å². The van der Waals surface area contributed by atoms with Gasteiger partial charge in [-0.15, -0.1) is 0 Å². The Morgan fingerprint density at radius 1 is 0.861 bits per heavy atom. The Hall–Kier alpha value is -3.40. The highest BCUT2D eigenvalue weighted by Gasteiger charge is 2.29. The number of rotatable bonds is 6. The first-order valence-electron chi connectivity index (χ1n) is 11.6. The first kappa shape index (κ1) is 24.3. The minimum Gasteiger partial charge on any atom is -0.378 e. The van der Waals surface area contributed by atoms with E-state index in [0.717, 1.165) is 32.7 Å². The first-order valence-corrected chi connectivity index (χ1v) is 13.8. The number of nitrogens with zero attached hydrogens (tertiary/aromatic N) is 3. The maximum Gasteiger partial charge on any atom is 0.339 e. The van der Waals surface area contributed by atoms with Gasteiger partial charge in [-0.2, -0.15) is 13.4 Å². The first-order chi connectivity index (χ1) is 17.5. The van der Waals surface area contributed by atoms with Gasteiger partial charge in [0.15, 0.2) is 5.17 Å². The fourth-order valence-corrected chi connectivity index (χ4v) is 5.97. The maximum atomic E-state index is 12.7. The normalized spacial score (nSPS) is 17.9. The smallest absolute Gasteiger partial charge is 0.339 e. The monoisotopic (exact) mass is 519 g/mol. The van der Waals surface area contributed by atoms with Crippen molar-refractivity contribution in [1.82, 2.24) is 9.80 Å². The van der Waals surface area contributed by atoms with E-state index in [1.54, 1.807) is 48.5 Å². The average molecular weight is 520 g/mol. The number of carbonyl (C=O) groups is 1. The van der Waals surface area contributed by atoms with Crippen LogP contribution in [0, 0.1) is 0 Å². The predicted molar refractivity (Wildman–Crippen MR) is 142 cm³/mol. The zero-order chi connectivity index (χ0) is 25.0. The quantitative estimate of drug-likeness (QED) is 0.356. The molecular weight excluding hydrogens is 494 g/mol. The Balaban J connectivity index is 1.25. The van der Waals surface area contributed by atoms with Crippen molar-refractivity contribution in [1.29, 1.82) is 0 Å². The van der Waals surface area contributed by atoms with E-state index in [1.165, 1.54) is 29.5 Å². The van der Waals surface area contributed by atoms with Gasteiger partial charge in [0.05, 0.1) is 4.91 Å². The lowest BCUT2D eigenvalue weighted by molar-refractivity contribution is -0.113. The highest BCUT2D eigenvalue weighted by atomic mass is 32.2. The molecule has 2 heterocycles. The summed E-state index contributed by atoms with van der Waals surface area (Å²) in [5.41, 5.74) is 1.78. The molecule has 0 unspecified atom stereocenters. The van der Waals surface area contributed by atoms with Crippen molar-refractivity contribution in [2.24, 2.45) is 4.99 Å². The zero-order valence-electron chi connectivity index (χ0n) is 19.5. The van der Waals surface area contributed by atoms with Crippen molar-refractivity contribution < 1.29 is 17.4 Å². The summed E-state index contributed by atoms with van der Waals surface area (Å²) >= 11 is 1.31. The molecule has 36 heavy (non-hydrogen) atoms. The molecule has 0 atom stereocenters. The van der Waals surface area contributed by atoms with Crippen molar-refractivity contribution in [2.75, 3.05) is 26.2 Å². The van der Waals surface area contributed by atoms with Gasteiger partial charge in [-0.05, 0) is 41.6 Å². The second-order valence-electron chi connectivity index (χ2n) is 8.45. The van der Waals surface area contributed by atoms with E-state index in [2.05, 4.69) is 39.1 Å². The lowest BCUT2D eigenvalue weighted by Crippen LogP contribution is -2.47. The van der Waals surface area contributed by atoms with E-state index < -0.39 is 10.1 Å². The Labute approximate surface area is 215 Å². The fraction of sp³-hybridized carbons (Fsp3) is 0.185. The summed E-state index contributed by atoms with van der Waals surface area (Å²) < 4.78 is 30.8. The molecule has 0 aromatic heterocycles. The van der Waals surface area contributed by atoms with Crippen LogP contribution in [0.25, 0.3) is 6.08 Å². The van der Waals surface area contributed by atoms with Crippen LogP contribution in [0.1, 0.15) is 11.1 Å². The van der Waals surface area contributed by atoms with Gasteiger partial charge in [0.2, 0.25) is 0 Å². The van der Waals surface area contributed by atoms with Crippen LogP contribution in [0.3, 0.4) is 0 Å². The lowest BCUT2D eigenvalue weighted by Gasteiger charge is -2.35. The van der Waals surface area contributed by atoms with Gasteiger partial charge >= 0.3 is 10.1 Å². The lowest BCUT2D eigenvalue weighted by atomic mass is 10.2. The minimum atomic E-state index is -4.00. The third-order valence-electron chi connectivity index (χ3n) is 5.94. The van der Waals surface area contributed by atoms with Gasteiger partial charge in [-0.1, -0.05) is 66.7 Å². The third-order valence-corrected chi connectivity index (χ3v) is 8.23. The molecule has 0 aliphatic carbocycles. The van der Waals surface area contributed by atoms with Crippen LogP contribution in [0.5, 0.6) is 5.75 Å². The average Bonchev–Trinajstić information content (AvgIpc) is 3.26. The second-order valence-corrected chi connectivity index (χ2v) is 11.0. The summed E-state index contributed by atoms with van der Waals surface area (Å²) in [4.78, 5) is 22.0. The molecule has 3 aromatic carbocycles. The van der Waals surface area contributed by atoms with Crippen molar-refractivity contribution in [3.05, 3.63) is 101 Å². The highest BCUT2D eigenvalue weighted by Crippen LogP contribution is 2.33. The van der Waals surface area contributed by atoms with E-state index >= 15 is 0 Å². The molecule has 0 spiro atoms. The molecule has 1 fully saturated rings. The number of benzene rings is 3. The summed E-state index contributed by atoms with van der Waals surface area (Å²) in [6, 6.07) is 25.1. The van der Waals surface area contributed by atoms with Gasteiger partial charge in [-0.3, -0.25) is 9.69 Å². The van der Waals surface area contributed by atoms with E-state index in [0.29, 0.717) is 15.6 Å². The molecule has 1 amide bonds. The van der Waals surface area contributed by atoms with Crippen LogP contribution >= 0.6 is 11.8 Å². The van der Waals surface area contributed by atoms with Crippen LogP contribution < -0.4 is 4.18 Å². The number of hydrogen-bond donors (Lipinski definition) is 0. The van der Waals surface area contributed by atoms with Crippen LogP contribution in [-0.4, -0.2) is 55.5 Å². The molecule has 0 N–H and O–H groups in total. The van der Waals surface area contributed by atoms with Crippen LogP contribution in [0.4, 0.5) is 0 Å². The predicted octanol–water partition coefficient (Wildman–Crippen LogP) is 4.24.